The molecule has 0 saturated heterocycles. The van der Waals surface area contributed by atoms with Crippen molar-refractivity contribution in [2.24, 2.45) is 0 Å². The molecular formula is C22H14ClF3N4S. The molecule has 0 amide bonds. The predicted molar refractivity (Wildman–Crippen MR) is 116 cm³/mol. The lowest BCUT2D eigenvalue weighted by Crippen LogP contribution is -2.04. The molecule has 2 aromatic carbocycles. The minimum absolute atomic E-state index is 0.460. The third-order valence-corrected chi connectivity index (χ3v) is 6.05. The van der Waals surface area contributed by atoms with E-state index < -0.39 is 11.7 Å². The second-order valence-corrected chi connectivity index (χ2v) is 8.34. The number of fused-ring (bicyclic) bond motifs is 2. The highest BCUT2D eigenvalue weighted by molar-refractivity contribution is 7.98. The molecule has 0 saturated carbocycles. The summed E-state index contributed by atoms with van der Waals surface area (Å²) in [7, 11) is 0. The van der Waals surface area contributed by atoms with Gasteiger partial charge >= 0.3 is 6.18 Å². The largest absolute Gasteiger partial charge is 0.416 e. The topological polar surface area (TPSA) is 46.0 Å². The average Bonchev–Trinajstić information content (AvgIpc) is 3.35. The number of alkyl halides is 3. The zero-order chi connectivity index (χ0) is 21.6. The standard InChI is InChI=1S/C22H14ClF3N4S/c23-16-6-7-17-18(10-16)29-21(28-17)31-12-14-4-2-8-30-19(11-27-20(14)30)13-3-1-5-15(9-13)22(24,25)26/h1-11H,12H2,(H,28,29). The van der Waals surface area contributed by atoms with Gasteiger partial charge < -0.3 is 4.98 Å². The lowest BCUT2D eigenvalue weighted by molar-refractivity contribution is -0.137. The summed E-state index contributed by atoms with van der Waals surface area (Å²) in [5.41, 5.74) is 3.72. The quantitative estimate of drug-likeness (QED) is 0.300. The predicted octanol–water partition coefficient (Wildman–Crippen LogP) is 6.84. The molecule has 0 unspecified atom stereocenters. The number of nitrogens with one attached hydrogen (secondary N) is 1. The van der Waals surface area contributed by atoms with E-state index in [1.165, 1.54) is 17.8 Å². The molecule has 0 aliphatic heterocycles. The van der Waals surface area contributed by atoms with Gasteiger partial charge in [-0.05, 0) is 36.4 Å². The first-order valence-corrected chi connectivity index (χ1v) is 10.7. The molecule has 0 atom stereocenters. The molecule has 0 aliphatic rings. The van der Waals surface area contributed by atoms with E-state index in [1.807, 2.05) is 28.7 Å². The summed E-state index contributed by atoms with van der Waals surface area (Å²) in [6.07, 6.45) is -0.993. The molecule has 1 N–H and O–H groups in total. The fourth-order valence-electron chi connectivity index (χ4n) is 3.42. The first-order chi connectivity index (χ1) is 14.9. The van der Waals surface area contributed by atoms with Crippen molar-refractivity contribution in [1.29, 1.82) is 0 Å². The van der Waals surface area contributed by atoms with Gasteiger partial charge in [-0.15, -0.1) is 0 Å². The van der Waals surface area contributed by atoms with E-state index in [4.69, 9.17) is 11.6 Å². The molecule has 31 heavy (non-hydrogen) atoms. The first-order valence-electron chi connectivity index (χ1n) is 9.29. The molecule has 3 heterocycles. The molecule has 0 bridgehead atoms. The van der Waals surface area contributed by atoms with Crippen LogP contribution in [0.25, 0.3) is 27.9 Å². The van der Waals surface area contributed by atoms with E-state index in [-0.39, 0.29) is 0 Å². The maximum Gasteiger partial charge on any atom is 0.416 e. The lowest BCUT2D eigenvalue weighted by atomic mass is 10.1. The highest BCUT2D eigenvalue weighted by Crippen LogP contribution is 2.33. The lowest BCUT2D eigenvalue weighted by Gasteiger charge is -2.09. The Labute approximate surface area is 184 Å². The highest BCUT2D eigenvalue weighted by atomic mass is 35.5. The van der Waals surface area contributed by atoms with Gasteiger partial charge in [0.1, 0.15) is 5.65 Å². The van der Waals surface area contributed by atoms with Crippen LogP contribution < -0.4 is 0 Å². The summed E-state index contributed by atoms with van der Waals surface area (Å²) in [6.45, 7) is 0. The second-order valence-electron chi connectivity index (χ2n) is 6.94. The number of nitrogens with zero attached hydrogens (tertiary/aromatic N) is 3. The summed E-state index contributed by atoms with van der Waals surface area (Å²) in [6, 6.07) is 14.6. The summed E-state index contributed by atoms with van der Waals surface area (Å²) in [5, 5.41) is 1.39. The van der Waals surface area contributed by atoms with Gasteiger partial charge in [-0.3, -0.25) is 4.40 Å². The van der Waals surface area contributed by atoms with Gasteiger partial charge in [-0.2, -0.15) is 13.2 Å². The monoisotopic (exact) mass is 458 g/mol. The molecule has 3 aromatic heterocycles. The van der Waals surface area contributed by atoms with E-state index in [2.05, 4.69) is 15.0 Å². The van der Waals surface area contributed by atoms with Crippen LogP contribution in [0.15, 0.2) is 72.1 Å². The van der Waals surface area contributed by atoms with Crippen molar-refractivity contribution in [3.63, 3.8) is 0 Å². The van der Waals surface area contributed by atoms with Crippen LogP contribution in [0.4, 0.5) is 13.2 Å². The Morgan fingerprint density at radius 2 is 1.94 bits per heavy atom. The Bertz CT molecular complexity index is 1410. The number of aromatic amines is 1. The van der Waals surface area contributed by atoms with Crippen LogP contribution in [-0.4, -0.2) is 19.4 Å². The molecule has 0 spiro atoms. The molecule has 0 aliphatic carbocycles. The Kier molecular flexibility index (Phi) is 4.91. The van der Waals surface area contributed by atoms with Crippen LogP contribution >= 0.6 is 23.4 Å². The van der Waals surface area contributed by atoms with E-state index in [1.54, 1.807) is 24.5 Å². The van der Waals surface area contributed by atoms with Crippen LogP contribution in [-0.2, 0) is 11.9 Å². The minimum atomic E-state index is -4.39. The SMILES string of the molecule is FC(F)(F)c1cccc(-c2cnc3c(CSc4nc5ccc(Cl)cc5[nH]4)cccn23)c1. The third-order valence-electron chi connectivity index (χ3n) is 4.89. The zero-order valence-electron chi connectivity index (χ0n) is 15.8. The van der Waals surface area contributed by atoms with Gasteiger partial charge in [0.2, 0.25) is 0 Å². The van der Waals surface area contributed by atoms with Crippen molar-refractivity contribution in [2.75, 3.05) is 0 Å². The van der Waals surface area contributed by atoms with Gasteiger partial charge in [-0.25, -0.2) is 9.97 Å². The molecule has 5 aromatic rings. The number of benzene rings is 2. The molecule has 9 heteroatoms. The molecule has 156 valence electrons. The normalized spacial score (nSPS) is 12.1. The third kappa shape index (κ3) is 3.88. The molecule has 0 radical (unpaired) electrons. The van der Waals surface area contributed by atoms with Crippen LogP contribution in [0.1, 0.15) is 11.1 Å². The fraction of sp³-hybridized carbons (Fsp3) is 0.0909. The number of pyridine rings is 1. The summed E-state index contributed by atoms with van der Waals surface area (Å²) in [4.78, 5) is 12.3. The number of aromatic nitrogens is 4. The van der Waals surface area contributed by atoms with Crippen LogP contribution in [0.3, 0.4) is 0 Å². The number of halogens is 4. The smallest absolute Gasteiger partial charge is 0.333 e. The zero-order valence-corrected chi connectivity index (χ0v) is 17.4. The van der Waals surface area contributed by atoms with Crippen molar-refractivity contribution in [2.45, 2.75) is 17.1 Å². The van der Waals surface area contributed by atoms with E-state index in [0.717, 1.165) is 33.9 Å². The maximum absolute atomic E-state index is 13.1. The van der Waals surface area contributed by atoms with Crippen LogP contribution in [0.5, 0.6) is 0 Å². The maximum atomic E-state index is 13.1. The molecule has 5 rings (SSSR count). The molecule has 4 nitrogen and oxygen atoms in total. The summed E-state index contributed by atoms with van der Waals surface area (Å²) < 4.78 is 41.1. The van der Waals surface area contributed by atoms with Crippen molar-refractivity contribution < 1.29 is 13.2 Å². The Morgan fingerprint density at radius 3 is 2.77 bits per heavy atom. The van der Waals surface area contributed by atoms with Crippen molar-refractivity contribution in [3.05, 3.63) is 83.1 Å². The number of hydrogen-bond donors (Lipinski definition) is 1. The van der Waals surface area contributed by atoms with E-state index in [9.17, 15) is 13.2 Å². The Balaban J connectivity index is 1.45. The van der Waals surface area contributed by atoms with Crippen molar-refractivity contribution >= 4 is 40.0 Å². The van der Waals surface area contributed by atoms with Crippen LogP contribution in [0.2, 0.25) is 5.02 Å². The van der Waals surface area contributed by atoms with Crippen LogP contribution in [0, 0.1) is 0 Å². The van der Waals surface area contributed by atoms with Crippen molar-refractivity contribution in [1.82, 2.24) is 19.4 Å². The van der Waals surface area contributed by atoms with Crippen molar-refractivity contribution in [3.8, 4) is 11.3 Å². The number of hydrogen-bond acceptors (Lipinski definition) is 3. The summed E-state index contributed by atoms with van der Waals surface area (Å²) in [5.74, 6) is 0.594. The first kappa shape index (κ1) is 20.0. The second kappa shape index (κ2) is 7.62. The minimum Gasteiger partial charge on any atom is -0.333 e. The summed E-state index contributed by atoms with van der Waals surface area (Å²) >= 11 is 7.54. The number of H-pyrrole nitrogens is 1. The molecule has 0 fully saturated rings. The highest BCUT2D eigenvalue weighted by Gasteiger charge is 2.30. The Morgan fingerprint density at radius 1 is 1.06 bits per heavy atom. The fourth-order valence-corrected chi connectivity index (χ4v) is 4.46. The van der Waals surface area contributed by atoms with Gasteiger partial charge in [0.15, 0.2) is 5.16 Å². The Hall–Kier alpha value is -2.97. The van der Waals surface area contributed by atoms with Gasteiger partial charge in [0, 0.05) is 28.1 Å². The van der Waals surface area contributed by atoms with E-state index >= 15 is 0 Å². The number of thioether (sulfide) groups is 1. The van der Waals surface area contributed by atoms with Gasteiger partial charge in [-0.1, -0.05) is 41.6 Å². The average molecular weight is 459 g/mol. The number of rotatable bonds is 4. The molecular weight excluding hydrogens is 445 g/mol. The number of imidazole rings is 2. The van der Waals surface area contributed by atoms with E-state index in [0.29, 0.717) is 27.7 Å². The van der Waals surface area contributed by atoms with Gasteiger partial charge in [0.05, 0.1) is 28.5 Å². The van der Waals surface area contributed by atoms with Gasteiger partial charge in [0.25, 0.3) is 0 Å².